The fourth-order valence-electron chi connectivity index (χ4n) is 4.67. The van der Waals surface area contributed by atoms with Crippen LogP contribution in [-0.2, 0) is 17.8 Å². The monoisotopic (exact) mass is 411 g/mol. The smallest absolute Gasteiger partial charge is 0.219 e. The van der Waals surface area contributed by atoms with E-state index in [0.29, 0.717) is 12.6 Å². The van der Waals surface area contributed by atoms with Gasteiger partial charge in [-0.15, -0.1) is 11.3 Å². The van der Waals surface area contributed by atoms with Crippen molar-refractivity contribution < 1.29 is 9.53 Å². The van der Waals surface area contributed by atoms with Gasteiger partial charge in [0.15, 0.2) is 0 Å². The number of hydrogen-bond donors (Lipinski definition) is 0. The van der Waals surface area contributed by atoms with Gasteiger partial charge in [0, 0.05) is 49.2 Å². The third kappa shape index (κ3) is 4.05. The quantitative estimate of drug-likeness (QED) is 0.760. The van der Waals surface area contributed by atoms with E-state index < -0.39 is 0 Å². The summed E-state index contributed by atoms with van der Waals surface area (Å²) in [5, 5.41) is 1.04. The van der Waals surface area contributed by atoms with Gasteiger partial charge in [0.25, 0.3) is 0 Å². The molecule has 0 spiro atoms. The molecule has 1 aliphatic carbocycles. The molecule has 29 heavy (non-hydrogen) atoms. The summed E-state index contributed by atoms with van der Waals surface area (Å²) in [5.41, 5.74) is 2.28. The Bertz CT molecular complexity index is 867. The van der Waals surface area contributed by atoms with Crippen LogP contribution in [0.15, 0.2) is 24.3 Å². The lowest BCUT2D eigenvalue weighted by molar-refractivity contribution is -0.129. The summed E-state index contributed by atoms with van der Waals surface area (Å²) in [6.07, 6.45) is 7.64. The van der Waals surface area contributed by atoms with Crippen molar-refractivity contribution in [2.45, 2.75) is 64.1 Å². The lowest BCUT2D eigenvalue weighted by atomic mass is 9.86. The number of thiazole rings is 1. The van der Waals surface area contributed by atoms with Crippen molar-refractivity contribution in [3.63, 3.8) is 0 Å². The number of rotatable bonds is 4. The van der Waals surface area contributed by atoms with Crippen molar-refractivity contribution in [2.75, 3.05) is 19.6 Å². The normalized spacial score (nSPS) is 24.7. The van der Waals surface area contributed by atoms with Gasteiger partial charge in [-0.3, -0.25) is 4.79 Å². The number of carbonyl (C=O) groups is 1. The summed E-state index contributed by atoms with van der Waals surface area (Å²) in [6, 6.07) is 9.11. The maximum Gasteiger partial charge on any atom is 0.219 e. The Morgan fingerprint density at radius 2 is 1.86 bits per heavy atom. The summed E-state index contributed by atoms with van der Waals surface area (Å²) in [6.45, 7) is 5.66. The molecule has 0 atom stereocenters. The summed E-state index contributed by atoms with van der Waals surface area (Å²) >= 11 is 1.71. The first kappa shape index (κ1) is 19.1. The van der Waals surface area contributed by atoms with E-state index in [1.807, 2.05) is 4.90 Å². The largest absolute Gasteiger partial charge is 0.490 e. The van der Waals surface area contributed by atoms with E-state index >= 15 is 0 Å². The number of ether oxygens (including phenoxy) is 1. The minimum absolute atomic E-state index is 0.144. The fraction of sp³-hybridized carbons (Fsp3) is 0.565. The van der Waals surface area contributed by atoms with Crippen LogP contribution in [-0.4, -0.2) is 52.5 Å². The topological polar surface area (TPSA) is 45.7 Å². The van der Waals surface area contributed by atoms with Gasteiger partial charge in [-0.25, -0.2) is 4.98 Å². The first-order chi connectivity index (χ1) is 14.2. The first-order valence-electron chi connectivity index (χ1n) is 10.9. The SMILES string of the molecule is CC(=O)N1CCc2nc(-c3ccc(OC4CC(N5CCCCC5)C4)cc3)sc2C1. The average Bonchev–Trinajstić information content (AvgIpc) is 3.15. The summed E-state index contributed by atoms with van der Waals surface area (Å²) in [7, 11) is 0. The Balaban J connectivity index is 1.18. The number of amides is 1. The molecule has 5 nitrogen and oxygen atoms in total. The van der Waals surface area contributed by atoms with Gasteiger partial charge in [-0.1, -0.05) is 6.42 Å². The molecule has 1 saturated carbocycles. The van der Waals surface area contributed by atoms with Crippen molar-refractivity contribution in [1.82, 2.24) is 14.8 Å². The Morgan fingerprint density at radius 1 is 1.10 bits per heavy atom. The van der Waals surface area contributed by atoms with Gasteiger partial charge in [-0.2, -0.15) is 0 Å². The van der Waals surface area contributed by atoms with E-state index in [-0.39, 0.29) is 5.91 Å². The lowest BCUT2D eigenvalue weighted by Crippen LogP contribution is -2.50. The van der Waals surface area contributed by atoms with Gasteiger partial charge in [0.2, 0.25) is 5.91 Å². The molecule has 0 unspecified atom stereocenters. The number of carbonyl (C=O) groups excluding carboxylic acids is 1. The number of fused-ring (bicyclic) bond motifs is 1. The predicted molar refractivity (Wildman–Crippen MR) is 115 cm³/mol. The molecule has 3 aliphatic rings. The van der Waals surface area contributed by atoms with Crippen LogP contribution in [0.25, 0.3) is 10.6 Å². The zero-order valence-corrected chi connectivity index (χ0v) is 17.9. The second kappa shape index (κ2) is 8.07. The molecule has 1 amide bonds. The van der Waals surface area contributed by atoms with Gasteiger partial charge < -0.3 is 14.5 Å². The highest BCUT2D eigenvalue weighted by Crippen LogP contribution is 2.34. The van der Waals surface area contributed by atoms with Crippen LogP contribution in [0.5, 0.6) is 5.75 Å². The molecule has 1 aromatic heterocycles. The standard InChI is InChI=1S/C23H29N3O2S/c1-16(27)26-12-9-21-22(15-26)29-23(24-21)17-5-7-19(8-6-17)28-20-13-18(14-20)25-10-3-2-4-11-25/h5-8,18,20H,2-4,9-15H2,1H3. The Morgan fingerprint density at radius 3 is 2.59 bits per heavy atom. The molecule has 0 bridgehead atoms. The summed E-state index contributed by atoms with van der Waals surface area (Å²) in [5.74, 6) is 1.10. The van der Waals surface area contributed by atoms with Crippen LogP contribution in [0.2, 0.25) is 0 Å². The molecule has 5 rings (SSSR count). The zero-order valence-electron chi connectivity index (χ0n) is 17.1. The molecular formula is C23H29N3O2S. The highest BCUT2D eigenvalue weighted by Gasteiger charge is 2.35. The Kier molecular flexibility index (Phi) is 5.31. The summed E-state index contributed by atoms with van der Waals surface area (Å²) < 4.78 is 6.20. The summed E-state index contributed by atoms with van der Waals surface area (Å²) in [4.78, 5) is 22.3. The van der Waals surface area contributed by atoms with Crippen molar-refractivity contribution in [2.24, 2.45) is 0 Å². The van der Waals surface area contributed by atoms with E-state index in [9.17, 15) is 4.79 Å². The van der Waals surface area contributed by atoms with Crippen LogP contribution in [0.4, 0.5) is 0 Å². The molecule has 2 fully saturated rings. The molecule has 0 radical (unpaired) electrons. The van der Waals surface area contributed by atoms with E-state index in [1.165, 1.54) is 37.2 Å². The van der Waals surface area contributed by atoms with Crippen LogP contribution >= 0.6 is 11.3 Å². The van der Waals surface area contributed by atoms with Crippen molar-refractivity contribution >= 4 is 17.2 Å². The van der Waals surface area contributed by atoms with E-state index in [2.05, 4.69) is 29.2 Å². The molecule has 6 heteroatoms. The number of aromatic nitrogens is 1. The number of nitrogens with zero attached hydrogens (tertiary/aromatic N) is 3. The maximum atomic E-state index is 11.6. The van der Waals surface area contributed by atoms with Crippen LogP contribution < -0.4 is 4.74 Å². The predicted octanol–water partition coefficient (Wildman–Crippen LogP) is 4.11. The van der Waals surface area contributed by atoms with Crippen molar-refractivity contribution in [3.8, 4) is 16.3 Å². The molecule has 0 N–H and O–H groups in total. The molecule has 3 heterocycles. The number of benzene rings is 1. The van der Waals surface area contributed by atoms with Crippen LogP contribution in [0, 0.1) is 0 Å². The molecule has 1 saturated heterocycles. The average molecular weight is 412 g/mol. The first-order valence-corrected chi connectivity index (χ1v) is 11.7. The van der Waals surface area contributed by atoms with Crippen molar-refractivity contribution in [3.05, 3.63) is 34.8 Å². The molecule has 1 aromatic carbocycles. The molecule has 154 valence electrons. The maximum absolute atomic E-state index is 11.6. The Hall–Kier alpha value is -1.92. The van der Waals surface area contributed by atoms with Crippen LogP contribution in [0.1, 0.15) is 49.6 Å². The number of likely N-dealkylation sites (tertiary alicyclic amines) is 1. The second-order valence-corrected chi connectivity index (χ2v) is 9.65. The second-order valence-electron chi connectivity index (χ2n) is 8.57. The molecule has 2 aromatic rings. The zero-order chi connectivity index (χ0) is 19.8. The Labute approximate surface area is 176 Å². The van der Waals surface area contributed by atoms with Crippen LogP contribution in [0.3, 0.4) is 0 Å². The van der Waals surface area contributed by atoms with E-state index in [4.69, 9.17) is 9.72 Å². The third-order valence-corrected chi connectivity index (χ3v) is 7.69. The molecule has 2 aliphatic heterocycles. The number of hydrogen-bond acceptors (Lipinski definition) is 5. The van der Waals surface area contributed by atoms with Gasteiger partial charge in [-0.05, 0) is 50.2 Å². The highest BCUT2D eigenvalue weighted by molar-refractivity contribution is 7.15. The lowest BCUT2D eigenvalue weighted by Gasteiger charge is -2.44. The van der Waals surface area contributed by atoms with E-state index in [1.54, 1.807) is 18.3 Å². The van der Waals surface area contributed by atoms with Crippen molar-refractivity contribution in [1.29, 1.82) is 0 Å². The molecular weight excluding hydrogens is 382 g/mol. The van der Waals surface area contributed by atoms with E-state index in [0.717, 1.165) is 53.9 Å². The minimum atomic E-state index is 0.144. The fourth-order valence-corrected chi connectivity index (χ4v) is 5.80. The van der Waals surface area contributed by atoms with Gasteiger partial charge in [0.05, 0.1) is 12.2 Å². The minimum Gasteiger partial charge on any atom is -0.490 e. The number of piperidine rings is 1. The van der Waals surface area contributed by atoms with Gasteiger partial charge in [0.1, 0.15) is 16.9 Å². The van der Waals surface area contributed by atoms with Gasteiger partial charge >= 0.3 is 0 Å². The third-order valence-electron chi connectivity index (χ3n) is 6.56. The highest BCUT2D eigenvalue weighted by atomic mass is 32.1.